The van der Waals surface area contributed by atoms with E-state index >= 15 is 0 Å². The van der Waals surface area contributed by atoms with Crippen molar-refractivity contribution in [2.75, 3.05) is 7.05 Å². The number of nitrogens with zero attached hydrogens (tertiary/aromatic N) is 1. The number of carbonyl (C=O) groups excluding carboxylic acids is 1. The number of H-pyrrole nitrogens is 1. The number of nitrogens with one attached hydrogen (secondary N) is 1. The summed E-state index contributed by atoms with van der Waals surface area (Å²) in [5.74, 6) is 0.827. The van der Waals surface area contributed by atoms with Gasteiger partial charge in [-0.2, -0.15) is 0 Å². The molecule has 0 bridgehead atoms. The van der Waals surface area contributed by atoms with Crippen LogP contribution >= 0.6 is 0 Å². The quantitative estimate of drug-likeness (QED) is 0.908. The first-order valence-electron chi connectivity index (χ1n) is 7.35. The molecule has 1 aliphatic carbocycles. The lowest BCUT2D eigenvalue weighted by atomic mass is 10.1. The minimum Gasteiger partial charge on any atom is -0.358 e. The Hall–Kier alpha value is -1.77. The molecule has 1 saturated carbocycles. The van der Waals surface area contributed by atoms with Gasteiger partial charge in [-0.15, -0.1) is 0 Å². The smallest absolute Gasteiger partial charge is 0.253 e. The van der Waals surface area contributed by atoms with Gasteiger partial charge in [-0.3, -0.25) is 4.79 Å². The van der Waals surface area contributed by atoms with Crippen LogP contribution in [0.4, 0.5) is 0 Å². The van der Waals surface area contributed by atoms with Crippen LogP contribution in [0.5, 0.6) is 0 Å². The number of aromatic nitrogens is 1. The molecular weight excluding hydrogens is 248 g/mol. The first-order valence-corrected chi connectivity index (χ1v) is 7.35. The van der Waals surface area contributed by atoms with E-state index in [0.29, 0.717) is 12.0 Å². The molecule has 3 heteroatoms. The van der Waals surface area contributed by atoms with E-state index in [-0.39, 0.29) is 5.91 Å². The highest BCUT2D eigenvalue weighted by atomic mass is 16.2. The lowest BCUT2D eigenvalue weighted by molar-refractivity contribution is 0.0727. The third-order valence-electron chi connectivity index (χ3n) is 4.79. The van der Waals surface area contributed by atoms with Crippen LogP contribution < -0.4 is 0 Å². The second-order valence-corrected chi connectivity index (χ2v) is 6.13. The fourth-order valence-electron chi connectivity index (χ4n) is 2.88. The average Bonchev–Trinajstić information content (AvgIpc) is 3.25. The summed E-state index contributed by atoms with van der Waals surface area (Å²) < 4.78 is 0. The summed E-state index contributed by atoms with van der Waals surface area (Å²) >= 11 is 0. The Morgan fingerprint density at radius 1 is 1.35 bits per heavy atom. The highest BCUT2D eigenvalue weighted by Gasteiger charge is 2.32. The molecule has 0 spiro atoms. The highest BCUT2D eigenvalue weighted by molar-refractivity contribution is 5.99. The molecule has 0 saturated heterocycles. The number of amides is 1. The molecule has 0 radical (unpaired) electrons. The largest absolute Gasteiger partial charge is 0.358 e. The van der Waals surface area contributed by atoms with Crippen molar-refractivity contribution < 1.29 is 4.79 Å². The third kappa shape index (κ3) is 2.11. The van der Waals surface area contributed by atoms with Gasteiger partial charge in [0.05, 0.1) is 0 Å². The molecule has 1 aliphatic rings. The number of rotatable bonds is 3. The van der Waals surface area contributed by atoms with Gasteiger partial charge >= 0.3 is 0 Å². The van der Waals surface area contributed by atoms with Gasteiger partial charge < -0.3 is 9.88 Å². The molecule has 1 aromatic carbocycles. The molecule has 1 amide bonds. The van der Waals surface area contributed by atoms with Crippen LogP contribution in [-0.2, 0) is 0 Å². The molecule has 3 rings (SSSR count). The van der Waals surface area contributed by atoms with E-state index in [1.807, 2.05) is 30.1 Å². The molecule has 1 aromatic heterocycles. The summed E-state index contributed by atoms with van der Waals surface area (Å²) in [5.41, 5.74) is 4.29. The van der Waals surface area contributed by atoms with E-state index in [0.717, 1.165) is 16.5 Å². The Kier molecular flexibility index (Phi) is 3.08. The lowest BCUT2D eigenvalue weighted by Gasteiger charge is -2.25. The summed E-state index contributed by atoms with van der Waals surface area (Å²) in [7, 11) is 1.92. The molecule has 1 heterocycles. The first-order chi connectivity index (χ1) is 9.49. The Morgan fingerprint density at radius 3 is 2.70 bits per heavy atom. The van der Waals surface area contributed by atoms with Gasteiger partial charge in [0.1, 0.15) is 0 Å². The van der Waals surface area contributed by atoms with E-state index in [9.17, 15) is 4.79 Å². The van der Waals surface area contributed by atoms with Gasteiger partial charge in [0, 0.05) is 35.2 Å². The van der Waals surface area contributed by atoms with Crippen molar-refractivity contribution in [3.63, 3.8) is 0 Å². The van der Waals surface area contributed by atoms with Gasteiger partial charge in [-0.1, -0.05) is 0 Å². The summed E-state index contributed by atoms with van der Waals surface area (Å²) in [6.07, 6.45) is 2.52. The number of benzene rings is 1. The van der Waals surface area contributed by atoms with E-state index < -0.39 is 0 Å². The molecule has 1 N–H and O–H groups in total. The predicted octanol–water partition coefficient (Wildman–Crippen LogP) is 3.66. The van der Waals surface area contributed by atoms with E-state index in [4.69, 9.17) is 0 Å². The number of aryl methyl sites for hydroxylation is 2. The van der Waals surface area contributed by atoms with Crippen LogP contribution in [0, 0.1) is 19.8 Å². The fraction of sp³-hybridized carbons (Fsp3) is 0.471. The molecule has 3 nitrogen and oxygen atoms in total. The third-order valence-corrected chi connectivity index (χ3v) is 4.79. The molecule has 20 heavy (non-hydrogen) atoms. The monoisotopic (exact) mass is 270 g/mol. The van der Waals surface area contributed by atoms with E-state index in [2.05, 4.69) is 25.8 Å². The highest BCUT2D eigenvalue weighted by Crippen LogP contribution is 2.35. The van der Waals surface area contributed by atoms with Gasteiger partial charge in [0.25, 0.3) is 5.91 Å². The zero-order chi connectivity index (χ0) is 14.4. The Balaban J connectivity index is 1.92. The molecule has 1 fully saturated rings. The summed E-state index contributed by atoms with van der Waals surface area (Å²) in [6, 6.07) is 6.30. The van der Waals surface area contributed by atoms with Crippen LogP contribution in [0.25, 0.3) is 10.9 Å². The SMILES string of the molecule is Cc1[nH]c2ccc(C(=O)N(C)C(C)C3CC3)cc2c1C. The zero-order valence-corrected chi connectivity index (χ0v) is 12.7. The van der Waals surface area contributed by atoms with Crippen LogP contribution in [0.1, 0.15) is 41.4 Å². The van der Waals surface area contributed by atoms with Crippen LogP contribution in [0.2, 0.25) is 0 Å². The molecular formula is C17H22N2O. The molecule has 1 atom stereocenters. The summed E-state index contributed by atoms with van der Waals surface area (Å²) in [4.78, 5) is 17.8. The number of carbonyl (C=O) groups is 1. The second kappa shape index (κ2) is 4.65. The van der Waals surface area contributed by atoms with Crippen molar-refractivity contribution in [1.82, 2.24) is 9.88 Å². The summed E-state index contributed by atoms with van der Waals surface area (Å²) in [6.45, 7) is 6.32. The number of fused-ring (bicyclic) bond motifs is 1. The van der Waals surface area contributed by atoms with Gasteiger partial charge in [-0.05, 0) is 63.3 Å². The lowest BCUT2D eigenvalue weighted by Crippen LogP contribution is -2.36. The minimum absolute atomic E-state index is 0.129. The van der Waals surface area contributed by atoms with Crippen molar-refractivity contribution in [1.29, 1.82) is 0 Å². The van der Waals surface area contributed by atoms with Crippen molar-refractivity contribution in [3.05, 3.63) is 35.0 Å². The van der Waals surface area contributed by atoms with Gasteiger partial charge in [-0.25, -0.2) is 0 Å². The number of aromatic amines is 1. The fourth-order valence-corrected chi connectivity index (χ4v) is 2.88. The van der Waals surface area contributed by atoms with Crippen LogP contribution in [0.15, 0.2) is 18.2 Å². The van der Waals surface area contributed by atoms with Crippen molar-refractivity contribution in [2.24, 2.45) is 5.92 Å². The zero-order valence-electron chi connectivity index (χ0n) is 12.7. The average molecular weight is 270 g/mol. The predicted molar refractivity (Wildman–Crippen MR) is 82.1 cm³/mol. The Morgan fingerprint density at radius 2 is 2.05 bits per heavy atom. The number of hydrogen-bond acceptors (Lipinski definition) is 1. The first kappa shape index (κ1) is 13.2. The van der Waals surface area contributed by atoms with Crippen molar-refractivity contribution in [2.45, 2.75) is 39.7 Å². The Bertz CT molecular complexity index is 667. The molecule has 2 aromatic rings. The van der Waals surface area contributed by atoms with Crippen molar-refractivity contribution >= 4 is 16.8 Å². The van der Waals surface area contributed by atoms with Crippen LogP contribution in [0.3, 0.4) is 0 Å². The van der Waals surface area contributed by atoms with Crippen LogP contribution in [-0.4, -0.2) is 28.9 Å². The molecule has 0 aliphatic heterocycles. The molecule has 106 valence electrons. The maximum absolute atomic E-state index is 12.6. The number of hydrogen-bond donors (Lipinski definition) is 1. The molecule has 1 unspecified atom stereocenters. The maximum Gasteiger partial charge on any atom is 0.253 e. The standard InChI is InChI=1S/C17H22N2O/c1-10-11(2)18-16-8-7-14(9-15(10)16)17(20)19(4)12(3)13-5-6-13/h7-9,12-13,18H,5-6H2,1-4H3. The summed E-state index contributed by atoms with van der Waals surface area (Å²) in [5, 5.41) is 1.15. The topological polar surface area (TPSA) is 36.1 Å². The van der Waals surface area contributed by atoms with E-state index in [1.54, 1.807) is 0 Å². The van der Waals surface area contributed by atoms with Crippen molar-refractivity contribution in [3.8, 4) is 0 Å². The van der Waals surface area contributed by atoms with Gasteiger partial charge in [0.2, 0.25) is 0 Å². The second-order valence-electron chi connectivity index (χ2n) is 6.13. The van der Waals surface area contributed by atoms with E-state index in [1.165, 1.54) is 24.1 Å². The maximum atomic E-state index is 12.6. The minimum atomic E-state index is 0.129. The van der Waals surface area contributed by atoms with Gasteiger partial charge in [0.15, 0.2) is 0 Å². The normalized spacial score (nSPS) is 16.4. The Labute approximate surface area is 120 Å².